The number of aromatic nitrogens is 3. The highest BCUT2D eigenvalue weighted by Crippen LogP contribution is 2.15. The van der Waals surface area contributed by atoms with E-state index < -0.39 is 0 Å². The molecule has 0 aliphatic carbocycles. The summed E-state index contributed by atoms with van der Waals surface area (Å²) in [4.78, 5) is 16.4. The molecule has 6 heteroatoms. The van der Waals surface area contributed by atoms with Crippen molar-refractivity contribution in [3.63, 3.8) is 0 Å². The van der Waals surface area contributed by atoms with Crippen molar-refractivity contribution in [3.05, 3.63) is 41.5 Å². The maximum Gasteiger partial charge on any atom is 0.255 e. The number of pyridine rings is 1. The quantitative estimate of drug-likeness (QED) is 0.865. The molecule has 0 aliphatic rings. The first kappa shape index (κ1) is 14.0. The zero-order valence-corrected chi connectivity index (χ0v) is 12.0. The van der Waals surface area contributed by atoms with Crippen LogP contribution >= 0.6 is 0 Å². The second-order valence-corrected chi connectivity index (χ2v) is 4.61. The average Bonchev–Trinajstić information content (AvgIpc) is 2.82. The van der Waals surface area contributed by atoms with Gasteiger partial charge in [-0.05, 0) is 19.9 Å². The summed E-state index contributed by atoms with van der Waals surface area (Å²) in [5, 5.41) is 10.1. The minimum atomic E-state index is -0.141. The number of carbonyl (C=O) groups is 1. The van der Waals surface area contributed by atoms with Crippen molar-refractivity contribution in [1.82, 2.24) is 20.1 Å². The van der Waals surface area contributed by atoms with Gasteiger partial charge in [0.1, 0.15) is 0 Å². The molecule has 0 saturated carbocycles. The van der Waals surface area contributed by atoms with Crippen LogP contribution in [0.2, 0.25) is 0 Å². The first-order chi connectivity index (χ1) is 9.60. The lowest BCUT2D eigenvalue weighted by Gasteiger charge is -2.11. The summed E-state index contributed by atoms with van der Waals surface area (Å²) in [5.41, 5.74) is 3.21. The zero-order chi connectivity index (χ0) is 14.5. The largest absolute Gasteiger partial charge is 0.385 e. The number of nitrogens with one attached hydrogen (secondary N) is 2. The van der Waals surface area contributed by atoms with Gasteiger partial charge in [0.05, 0.1) is 17.4 Å². The van der Waals surface area contributed by atoms with E-state index in [4.69, 9.17) is 0 Å². The third kappa shape index (κ3) is 3.34. The Bertz CT molecular complexity index is 605. The average molecular weight is 273 g/mol. The van der Waals surface area contributed by atoms with Crippen LogP contribution in [0.3, 0.4) is 0 Å². The van der Waals surface area contributed by atoms with Gasteiger partial charge in [0.2, 0.25) is 0 Å². The van der Waals surface area contributed by atoms with E-state index in [2.05, 4.69) is 20.7 Å². The number of nitrogens with zero attached hydrogens (tertiary/aromatic N) is 3. The van der Waals surface area contributed by atoms with Crippen LogP contribution in [0.1, 0.15) is 28.5 Å². The van der Waals surface area contributed by atoms with Crippen molar-refractivity contribution < 1.29 is 4.79 Å². The van der Waals surface area contributed by atoms with E-state index in [1.807, 2.05) is 33.2 Å². The molecule has 2 N–H and O–H groups in total. The lowest BCUT2D eigenvalue weighted by molar-refractivity contribution is 0.0951. The molecular weight excluding hydrogens is 254 g/mol. The Labute approximate surface area is 118 Å². The minimum Gasteiger partial charge on any atom is -0.385 e. The Morgan fingerprint density at radius 2 is 2.20 bits per heavy atom. The van der Waals surface area contributed by atoms with Crippen molar-refractivity contribution in [2.45, 2.75) is 20.4 Å². The summed E-state index contributed by atoms with van der Waals surface area (Å²) in [6, 6.07) is 1.88. The summed E-state index contributed by atoms with van der Waals surface area (Å²) in [5.74, 6) is -0.141. The molecule has 0 aliphatic heterocycles. The highest BCUT2D eigenvalue weighted by molar-refractivity contribution is 5.99. The number of hydrogen-bond acceptors (Lipinski definition) is 4. The Morgan fingerprint density at radius 3 is 2.85 bits per heavy atom. The van der Waals surface area contributed by atoms with Crippen LogP contribution in [0, 0.1) is 6.92 Å². The van der Waals surface area contributed by atoms with Gasteiger partial charge >= 0.3 is 0 Å². The monoisotopic (exact) mass is 273 g/mol. The molecule has 0 spiro atoms. The number of carbonyl (C=O) groups excluding carboxylic acids is 1. The van der Waals surface area contributed by atoms with Crippen molar-refractivity contribution in [2.75, 3.05) is 11.9 Å². The molecule has 20 heavy (non-hydrogen) atoms. The maximum absolute atomic E-state index is 12.2. The smallest absolute Gasteiger partial charge is 0.255 e. The summed E-state index contributed by atoms with van der Waals surface area (Å²) < 4.78 is 1.71. The third-order valence-electron chi connectivity index (χ3n) is 2.86. The van der Waals surface area contributed by atoms with Crippen LogP contribution in [0.4, 0.5) is 5.69 Å². The summed E-state index contributed by atoms with van der Waals surface area (Å²) in [7, 11) is 1.85. The molecule has 0 unspecified atom stereocenters. The first-order valence-electron chi connectivity index (χ1n) is 6.56. The van der Waals surface area contributed by atoms with E-state index in [0.29, 0.717) is 12.1 Å². The lowest BCUT2D eigenvalue weighted by atomic mass is 10.2. The molecule has 0 bridgehead atoms. The van der Waals surface area contributed by atoms with Gasteiger partial charge in [-0.3, -0.25) is 14.5 Å². The molecule has 0 atom stereocenters. The number of aryl methyl sites for hydroxylation is 2. The van der Waals surface area contributed by atoms with Crippen LogP contribution in [0.5, 0.6) is 0 Å². The van der Waals surface area contributed by atoms with E-state index in [-0.39, 0.29) is 5.91 Å². The molecule has 6 nitrogen and oxygen atoms in total. The Morgan fingerprint density at radius 1 is 1.40 bits per heavy atom. The van der Waals surface area contributed by atoms with E-state index in [1.54, 1.807) is 17.1 Å². The molecule has 1 amide bonds. The van der Waals surface area contributed by atoms with Gasteiger partial charge in [-0.1, -0.05) is 0 Å². The number of rotatable bonds is 5. The van der Waals surface area contributed by atoms with Gasteiger partial charge in [-0.25, -0.2) is 0 Å². The second-order valence-electron chi connectivity index (χ2n) is 4.61. The van der Waals surface area contributed by atoms with Crippen LogP contribution in [0.25, 0.3) is 0 Å². The number of anilines is 1. The maximum atomic E-state index is 12.2. The zero-order valence-electron chi connectivity index (χ0n) is 12.0. The summed E-state index contributed by atoms with van der Waals surface area (Å²) in [6.07, 6.45) is 5.21. The van der Waals surface area contributed by atoms with Crippen molar-refractivity contribution in [2.24, 2.45) is 7.05 Å². The van der Waals surface area contributed by atoms with Gasteiger partial charge in [-0.2, -0.15) is 5.10 Å². The summed E-state index contributed by atoms with van der Waals surface area (Å²) >= 11 is 0. The molecule has 0 fully saturated rings. The highest BCUT2D eigenvalue weighted by Gasteiger charge is 2.12. The molecule has 2 aromatic heterocycles. The van der Waals surface area contributed by atoms with Gasteiger partial charge < -0.3 is 10.6 Å². The predicted octanol–water partition coefficient (Wildman–Crippen LogP) is 1.49. The first-order valence-corrected chi connectivity index (χ1v) is 6.56. The second kappa shape index (κ2) is 6.18. The Kier molecular flexibility index (Phi) is 4.34. The minimum absolute atomic E-state index is 0.141. The number of amides is 1. The topological polar surface area (TPSA) is 71.8 Å². The fourth-order valence-corrected chi connectivity index (χ4v) is 1.92. The molecule has 2 heterocycles. The molecule has 2 aromatic rings. The normalized spacial score (nSPS) is 10.3. The van der Waals surface area contributed by atoms with Crippen LogP contribution in [0.15, 0.2) is 24.7 Å². The van der Waals surface area contributed by atoms with E-state index in [9.17, 15) is 4.79 Å². The molecule has 106 valence electrons. The SMILES string of the molecule is CCNc1cc(C)ncc1C(=O)NCc1cnn(C)c1. The lowest BCUT2D eigenvalue weighted by Crippen LogP contribution is -2.24. The molecule has 2 rings (SSSR count). The van der Waals surface area contributed by atoms with E-state index in [0.717, 1.165) is 23.5 Å². The van der Waals surface area contributed by atoms with Gasteiger partial charge in [-0.15, -0.1) is 0 Å². The predicted molar refractivity (Wildman–Crippen MR) is 77.5 cm³/mol. The highest BCUT2D eigenvalue weighted by atomic mass is 16.1. The Balaban J connectivity index is 2.08. The van der Waals surface area contributed by atoms with E-state index in [1.165, 1.54) is 0 Å². The summed E-state index contributed by atoms with van der Waals surface area (Å²) in [6.45, 7) is 5.10. The molecular formula is C14H19N5O. The van der Waals surface area contributed by atoms with Gasteiger partial charge in [0.25, 0.3) is 5.91 Å². The van der Waals surface area contributed by atoms with Crippen molar-refractivity contribution in [3.8, 4) is 0 Å². The molecule has 0 aromatic carbocycles. The van der Waals surface area contributed by atoms with Crippen LogP contribution in [-0.4, -0.2) is 27.2 Å². The van der Waals surface area contributed by atoms with E-state index >= 15 is 0 Å². The van der Waals surface area contributed by atoms with Gasteiger partial charge in [0, 0.05) is 43.8 Å². The van der Waals surface area contributed by atoms with Crippen molar-refractivity contribution in [1.29, 1.82) is 0 Å². The van der Waals surface area contributed by atoms with Gasteiger partial charge in [0.15, 0.2) is 0 Å². The third-order valence-corrected chi connectivity index (χ3v) is 2.86. The standard InChI is InChI=1S/C14H19N5O/c1-4-15-13-5-10(2)16-8-12(13)14(20)17-6-11-7-18-19(3)9-11/h5,7-9H,4,6H2,1-3H3,(H,15,16)(H,17,20). The van der Waals surface area contributed by atoms with Crippen LogP contribution in [-0.2, 0) is 13.6 Å². The molecule has 0 saturated heterocycles. The number of hydrogen-bond donors (Lipinski definition) is 2. The fraction of sp³-hybridized carbons (Fsp3) is 0.357. The van der Waals surface area contributed by atoms with Crippen LogP contribution < -0.4 is 10.6 Å². The molecule has 0 radical (unpaired) electrons. The van der Waals surface area contributed by atoms with Crippen molar-refractivity contribution >= 4 is 11.6 Å². The Hall–Kier alpha value is -2.37. The fourth-order valence-electron chi connectivity index (χ4n) is 1.92.